The van der Waals surface area contributed by atoms with Gasteiger partial charge in [0.1, 0.15) is 5.82 Å². The number of anilines is 1. The molecule has 0 N–H and O–H groups in total. The van der Waals surface area contributed by atoms with E-state index in [0.29, 0.717) is 37.4 Å². The van der Waals surface area contributed by atoms with Crippen molar-refractivity contribution >= 4 is 33.0 Å². The van der Waals surface area contributed by atoms with Gasteiger partial charge in [-0.3, -0.25) is 4.79 Å². The first-order valence-corrected chi connectivity index (χ1v) is 9.62. The summed E-state index contributed by atoms with van der Waals surface area (Å²) >= 11 is 1.53. The van der Waals surface area contributed by atoms with E-state index in [2.05, 4.69) is 0 Å². The topological polar surface area (TPSA) is 47.3 Å². The summed E-state index contributed by atoms with van der Waals surface area (Å²) in [5.41, 5.74) is 1.82. The van der Waals surface area contributed by atoms with Crippen molar-refractivity contribution < 1.29 is 9.18 Å². The number of hydrogen-bond acceptors (Lipinski definition) is 4. The largest absolute Gasteiger partial charge is 0.366 e. The number of carbonyl (C=O) groups is 1. The van der Waals surface area contributed by atoms with Gasteiger partial charge in [-0.2, -0.15) is 5.26 Å². The van der Waals surface area contributed by atoms with Crippen molar-refractivity contribution in [1.29, 1.82) is 5.26 Å². The van der Waals surface area contributed by atoms with Gasteiger partial charge >= 0.3 is 0 Å². The lowest BCUT2D eigenvalue weighted by Gasteiger charge is -2.36. The van der Waals surface area contributed by atoms with E-state index in [-0.39, 0.29) is 5.91 Å². The molecule has 6 heteroatoms. The number of thiophene rings is 1. The van der Waals surface area contributed by atoms with Gasteiger partial charge in [0.2, 0.25) is 0 Å². The minimum atomic E-state index is -0.394. The number of rotatable bonds is 2. The molecule has 0 atom stereocenters. The number of piperazine rings is 1. The van der Waals surface area contributed by atoms with Crippen molar-refractivity contribution in [3.05, 3.63) is 64.3 Å². The van der Waals surface area contributed by atoms with Gasteiger partial charge < -0.3 is 9.80 Å². The minimum absolute atomic E-state index is 0.0497. The first kappa shape index (κ1) is 17.5. The average molecular weight is 379 g/mol. The van der Waals surface area contributed by atoms with Crippen LogP contribution in [0.1, 0.15) is 20.8 Å². The Kier molecular flexibility index (Phi) is 4.54. The van der Waals surface area contributed by atoms with Crippen LogP contribution >= 0.6 is 11.3 Å². The van der Waals surface area contributed by atoms with Crippen LogP contribution in [0.5, 0.6) is 0 Å². The average Bonchev–Trinajstić information content (AvgIpc) is 3.04. The predicted molar refractivity (Wildman–Crippen MR) is 106 cm³/mol. The lowest BCUT2D eigenvalue weighted by atomic mass is 10.1. The van der Waals surface area contributed by atoms with Crippen molar-refractivity contribution in [2.45, 2.75) is 6.92 Å². The molecule has 1 saturated heterocycles. The van der Waals surface area contributed by atoms with Crippen LogP contribution in [-0.2, 0) is 0 Å². The second-order valence-corrected chi connectivity index (χ2v) is 7.66. The number of hydrogen-bond donors (Lipinski definition) is 0. The van der Waals surface area contributed by atoms with Gasteiger partial charge in [-0.05, 0) is 42.1 Å². The zero-order chi connectivity index (χ0) is 19.0. The molecule has 3 aromatic rings. The van der Waals surface area contributed by atoms with Crippen LogP contribution in [0, 0.1) is 24.1 Å². The fourth-order valence-electron chi connectivity index (χ4n) is 3.51. The van der Waals surface area contributed by atoms with Crippen LogP contribution in [0.3, 0.4) is 0 Å². The van der Waals surface area contributed by atoms with Gasteiger partial charge in [0.25, 0.3) is 5.91 Å². The quantitative estimate of drug-likeness (QED) is 0.671. The standard InChI is InChI=1S/C21H18FN3OS/c1-14-16-4-2-3-5-19(16)27-20(14)21(26)25-10-8-24(9-11-25)18-7-6-15(13-23)12-17(18)22/h2-7,12H,8-11H2,1H3. The number of nitriles is 1. The number of benzene rings is 2. The molecule has 1 aromatic heterocycles. The first-order valence-electron chi connectivity index (χ1n) is 8.80. The highest BCUT2D eigenvalue weighted by atomic mass is 32.1. The number of aryl methyl sites for hydroxylation is 1. The van der Waals surface area contributed by atoms with Crippen LogP contribution in [0.25, 0.3) is 10.1 Å². The van der Waals surface area contributed by atoms with Crippen molar-refractivity contribution in [2.24, 2.45) is 0 Å². The van der Waals surface area contributed by atoms with E-state index in [1.54, 1.807) is 12.1 Å². The Morgan fingerprint density at radius 3 is 2.56 bits per heavy atom. The van der Waals surface area contributed by atoms with E-state index in [9.17, 15) is 9.18 Å². The summed E-state index contributed by atoms with van der Waals surface area (Å²) in [6, 6.07) is 14.5. The van der Waals surface area contributed by atoms with E-state index < -0.39 is 5.82 Å². The number of carbonyl (C=O) groups excluding carboxylic acids is 1. The van der Waals surface area contributed by atoms with E-state index >= 15 is 0 Å². The predicted octanol–water partition coefficient (Wildman–Crippen LogP) is 4.18. The summed E-state index contributed by atoms with van der Waals surface area (Å²) in [5.74, 6) is -0.345. The Bertz CT molecular complexity index is 1060. The molecule has 27 heavy (non-hydrogen) atoms. The Morgan fingerprint density at radius 1 is 1.15 bits per heavy atom. The van der Waals surface area contributed by atoms with Gasteiger partial charge in [0.15, 0.2) is 0 Å². The van der Waals surface area contributed by atoms with Crippen LogP contribution in [0.15, 0.2) is 42.5 Å². The Labute approximate surface area is 161 Å². The third kappa shape index (κ3) is 3.15. The maximum atomic E-state index is 14.2. The SMILES string of the molecule is Cc1c(C(=O)N2CCN(c3ccc(C#N)cc3F)CC2)sc2ccccc12. The van der Waals surface area contributed by atoms with Crippen LogP contribution < -0.4 is 4.90 Å². The molecule has 0 bridgehead atoms. The molecule has 136 valence electrons. The highest BCUT2D eigenvalue weighted by molar-refractivity contribution is 7.21. The molecule has 0 radical (unpaired) electrons. The van der Waals surface area contributed by atoms with Gasteiger partial charge in [0, 0.05) is 30.9 Å². The van der Waals surface area contributed by atoms with Crippen molar-refractivity contribution in [3.8, 4) is 6.07 Å². The number of halogens is 1. The van der Waals surface area contributed by atoms with Crippen LogP contribution in [0.2, 0.25) is 0 Å². The first-order chi connectivity index (χ1) is 13.1. The van der Waals surface area contributed by atoms with Gasteiger partial charge in [-0.1, -0.05) is 18.2 Å². The molecular weight excluding hydrogens is 361 g/mol. The van der Waals surface area contributed by atoms with Crippen LogP contribution in [0.4, 0.5) is 10.1 Å². The molecule has 2 aromatic carbocycles. The van der Waals surface area contributed by atoms with E-state index in [1.807, 2.05) is 47.1 Å². The lowest BCUT2D eigenvalue weighted by molar-refractivity contribution is 0.0751. The second-order valence-electron chi connectivity index (χ2n) is 6.61. The molecule has 0 aliphatic carbocycles. The molecule has 1 amide bonds. The smallest absolute Gasteiger partial charge is 0.264 e. The molecule has 1 aliphatic rings. The highest BCUT2D eigenvalue weighted by Crippen LogP contribution is 2.32. The number of fused-ring (bicyclic) bond motifs is 1. The maximum Gasteiger partial charge on any atom is 0.264 e. The van der Waals surface area contributed by atoms with Crippen molar-refractivity contribution in [2.75, 3.05) is 31.1 Å². The summed E-state index contributed by atoms with van der Waals surface area (Å²) in [6.07, 6.45) is 0. The fraction of sp³-hybridized carbons (Fsp3) is 0.238. The van der Waals surface area contributed by atoms with Gasteiger partial charge in [0.05, 0.1) is 22.2 Å². The summed E-state index contributed by atoms with van der Waals surface area (Å²) < 4.78 is 15.4. The normalized spacial score (nSPS) is 14.4. The molecular formula is C21H18FN3OS. The van der Waals surface area contributed by atoms with E-state index in [0.717, 1.165) is 20.5 Å². The molecule has 0 unspecified atom stereocenters. The second kappa shape index (κ2) is 7.01. The van der Waals surface area contributed by atoms with E-state index in [4.69, 9.17) is 5.26 Å². The summed E-state index contributed by atoms with van der Waals surface area (Å²) in [7, 11) is 0. The maximum absolute atomic E-state index is 14.2. The highest BCUT2D eigenvalue weighted by Gasteiger charge is 2.26. The molecule has 1 fully saturated rings. The summed E-state index contributed by atoms with van der Waals surface area (Å²) in [6.45, 7) is 4.23. The molecule has 1 aliphatic heterocycles. The molecule has 0 spiro atoms. The van der Waals surface area contributed by atoms with Crippen molar-refractivity contribution in [3.63, 3.8) is 0 Å². The van der Waals surface area contributed by atoms with Gasteiger partial charge in [-0.15, -0.1) is 11.3 Å². The Hall–Kier alpha value is -2.91. The van der Waals surface area contributed by atoms with Crippen LogP contribution in [-0.4, -0.2) is 37.0 Å². The van der Waals surface area contributed by atoms with Gasteiger partial charge in [-0.25, -0.2) is 4.39 Å². The Balaban J connectivity index is 1.49. The molecule has 0 saturated carbocycles. The molecule has 2 heterocycles. The third-order valence-corrected chi connectivity index (χ3v) is 6.28. The van der Waals surface area contributed by atoms with E-state index in [1.165, 1.54) is 17.4 Å². The fourth-order valence-corrected chi connectivity index (χ4v) is 4.68. The Morgan fingerprint density at radius 2 is 1.89 bits per heavy atom. The third-order valence-electron chi connectivity index (χ3n) is 5.02. The number of nitrogens with zero attached hydrogens (tertiary/aromatic N) is 3. The summed E-state index contributed by atoms with van der Waals surface area (Å²) in [5, 5.41) is 10.00. The summed E-state index contributed by atoms with van der Waals surface area (Å²) in [4.78, 5) is 17.5. The zero-order valence-corrected chi connectivity index (χ0v) is 15.7. The lowest BCUT2D eigenvalue weighted by Crippen LogP contribution is -2.49. The monoisotopic (exact) mass is 379 g/mol. The molecule has 4 rings (SSSR count). The number of amides is 1. The zero-order valence-electron chi connectivity index (χ0n) is 14.9. The van der Waals surface area contributed by atoms with Crippen molar-refractivity contribution in [1.82, 2.24) is 4.90 Å². The minimum Gasteiger partial charge on any atom is -0.366 e. The molecule has 4 nitrogen and oxygen atoms in total.